The van der Waals surface area contributed by atoms with Crippen molar-refractivity contribution < 1.29 is 9.53 Å². The van der Waals surface area contributed by atoms with Crippen LogP contribution in [-0.2, 0) is 11.3 Å². The number of carbonyl (C=O) groups excluding carboxylic acids is 1. The lowest BCUT2D eigenvalue weighted by atomic mass is 10.0. The highest BCUT2D eigenvalue weighted by molar-refractivity contribution is 7.10. The van der Waals surface area contributed by atoms with Crippen molar-refractivity contribution in [2.24, 2.45) is 5.92 Å². The third-order valence-corrected chi connectivity index (χ3v) is 6.33. The molecule has 0 spiro atoms. The summed E-state index contributed by atoms with van der Waals surface area (Å²) in [6, 6.07) is 2.61. The Labute approximate surface area is 157 Å². The minimum Gasteiger partial charge on any atom is -0.381 e. The quantitative estimate of drug-likeness (QED) is 0.781. The van der Waals surface area contributed by atoms with Gasteiger partial charge in [0.05, 0.1) is 17.4 Å². The molecule has 0 radical (unpaired) electrons. The Bertz CT molecular complexity index is 750. The summed E-state index contributed by atoms with van der Waals surface area (Å²) in [4.78, 5) is 13.7. The van der Waals surface area contributed by atoms with Gasteiger partial charge in [-0.25, -0.2) is 0 Å². The van der Waals surface area contributed by atoms with E-state index in [1.165, 1.54) is 24.1 Å². The zero-order chi connectivity index (χ0) is 17.9. The van der Waals surface area contributed by atoms with Crippen molar-refractivity contribution in [3.05, 3.63) is 34.3 Å². The maximum atomic E-state index is 12.4. The Morgan fingerprint density at radius 2 is 2.27 bits per heavy atom. The van der Waals surface area contributed by atoms with E-state index >= 15 is 0 Å². The number of aromatic nitrogens is 2. The van der Waals surface area contributed by atoms with Crippen LogP contribution in [-0.4, -0.2) is 41.5 Å². The Balaban J connectivity index is 1.27. The maximum Gasteiger partial charge on any atom is 0.256 e. The van der Waals surface area contributed by atoms with Crippen molar-refractivity contribution in [3.8, 4) is 0 Å². The first kappa shape index (κ1) is 17.7. The lowest BCUT2D eigenvalue weighted by molar-refractivity contribution is 0.0662. The van der Waals surface area contributed by atoms with Gasteiger partial charge in [0.2, 0.25) is 0 Å². The topological polar surface area (TPSA) is 68.2 Å². The summed E-state index contributed by atoms with van der Waals surface area (Å²) in [6.45, 7) is 5.71. The van der Waals surface area contributed by atoms with Crippen LogP contribution in [0.2, 0.25) is 0 Å². The maximum absolute atomic E-state index is 12.4. The van der Waals surface area contributed by atoms with Crippen molar-refractivity contribution in [1.82, 2.24) is 15.1 Å². The average molecular weight is 375 g/mol. The molecule has 26 heavy (non-hydrogen) atoms. The molecule has 1 amide bonds. The summed E-state index contributed by atoms with van der Waals surface area (Å²) in [5, 5.41) is 12.8. The molecule has 0 aromatic carbocycles. The molecule has 2 aliphatic rings. The molecular formula is C19H26N4O2S. The van der Waals surface area contributed by atoms with Gasteiger partial charge in [0.15, 0.2) is 0 Å². The highest BCUT2D eigenvalue weighted by Crippen LogP contribution is 2.43. The number of thiophene rings is 1. The van der Waals surface area contributed by atoms with E-state index in [-0.39, 0.29) is 5.91 Å². The largest absolute Gasteiger partial charge is 0.381 e. The van der Waals surface area contributed by atoms with Gasteiger partial charge in [0.25, 0.3) is 5.91 Å². The number of nitrogens with one attached hydrogen (secondary N) is 2. The van der Waals surface area contributed by atoms with E-state index in [9.17, 15) is 4.79 Å². The predicted octanol–water partition coefficient (Wildman–Crippen LogP) is 3.09. The third-order valence-electron chi connectivity index (χ3n) is 5.26. The molecular weight excluding hydrogens is 348 g/mol. The molecule has 1 aliphatic heterocycles. The second-order valence-corrected chi connectivity index (χ2v) is 8.13. The Morgan fingerprint density at radius 1 is 1.42 bits per heavy atom. The molecule has 4 rings (SSSR count). The molecule has 1 aliphatic carbocycles. The number of aryl methyl sites for hydroxylation is 1. The number of ether oxygens (including phenoxy) is 1. The molecule has 2 N–H and O–H groups in total. The SMILES string of the molecule is CCn1cc(NC(=O)c2csc([C@H]3C[C@H]3NCC3CCOCC3)c2)cn1. The van der Waals surface area contributed by atoms with E-state index in [1.54, 1.807) is 22.2 Å². The minimum atomic E-state index is -0.0597. The van der Waals surface area contributed by atoms with Crippen LogP contribution in [0.3, 0.4) is 0 Å². The van der Waals surface area contributed by atoms with Crippen LogP contribution in [0.15, 0.2) is 23.8 Å². The fourth-order valence-electron chi connectivity index (χ4n) is 3.47. The van der Waals surface area contributed by atoms with Gasteiger partial charge in [0.1, 0.15) is 0 Å². The van der Waals surface area contributed by atoms with Gasteiger partial charge in [-0.2, -0.15) is 5.10 Å². The Hall–Kier alpha value is -1.70. The van der Waals surface area contributed by atoms with Crippen LogP contribution < -0.4 is 10.6 Å². The molecule has 140 valence electrons. The van der Waals surface area contributed by atoms with Gasteiger partial charge >= 0.3 is 0 Å². The standard InChI is InChI=1S/C19H26N4O2S/c1-2-23-11-15(10-21-23)22-19(24)14-7-18(26-12-14)16-8-17(16)20-9-13-3-5-25-6-4-13/h7,10-13,16-17,20H,2-6,8-9H2,1H3,(H,22,24)/t16-,17+/m0/s1. The fourth-order valence-corrected chi connectivity index (χ4v) is 4.54. The van der Waals surface area contributed by atoms with Crippen molar-refractivity contribution >= 4 is 22.9 Å². The second-order valence-electron chi connectivity index (χ2n) is 7.19. The van der Waals surface area contributed by atoms with E-state index in [0.29, 0.717) is 12.0 Å². The second kappa shape index (κ2) is 7.90. The van der Waals surface area contributed by atoms with E-state index in [4.69, 9.17) is 4.74 Å². The van der Waals surface area contributed by atoms with Crippen molar-refractivity contribution in [3.63, 3.8) is 0 Å². The van der Waals surface area contributed by atoms with Crippen LogP contribution >= 0.6 is 11.3 Å². The highest BCUT2D eigenvalue weighted by atomic mass is 32.1. The summed E-state index contributed by atoms with van der Waals surface area (Å²) in [7, 11) is 0. The molecule has 1 saturated carbocycles. The lowest BCUT2D eigenvalue weighted by Crippen LogP contribution is -2.29. The molecule has 1 saturated heterocycles. The third kappa shape index (κ3) is 4.16. The lowest BCUT2D eigenvalue weighted by Gasteiger charge is -2.22. The number of hydrogen-bond acceptors (Lipinski definition) is 5. The molecule has 3 heterocycles. The molecule has 2 atom stereocenters. The molecule has 6 nitrogen and oxygen atoms in total. The first-order valence-electron chi connectivity index (χ1n) is 9.46. The van der Waals surface area contributed by atoms with Gasteiger partial charge < -0.3 is 15.4 Å². The van der Waals surface area contributed by atoms with E-state index < -0.39 is 0 Å². The highest BCUT2D eigenvalue weighted by Gasteiger charge is 2.39. The van der Waals surface area contributed by atoms with Crippen molar-refractivity contribution in [2.45, 2.75) is 44.7 Å². The Morgan fingerprint density at radius 3 is 3.04 bits per heavy atom. The van der Waals surface area contributed by atoms with Crippen molar-refractivity contribution in [1.29, 1.82) is 0 Å². The van der Waals surface area contributed by atoms with Gasteiger partial charge in [-0.05, 0) is 44.7 Å². The first-order valence-corrected chi connectivity index (χ1v) is 10.3. The fraction of sp³-hybridized carbons (Fsp3) is 0.579. The summed E-state index contributed by atoms with van der Waals surface area (Å²) in [6.07, 6.45) is 7.05. The van der Waals surface area contributed by atoms with Gasteiger partial charge in [-0.1, -0.05) is 0 Å². The average Bonchev–Trinajstić information content (AvgIpc) is 3.07. The predicted molar refractivity (Wildman–Crippen MR) is 103 cm³/mol. The van der Waals surface area contributed by atoms with E-state index in [2.05, 4.69) is 15.7 Å². The minimum absolute atomic E-state index is 0.0597. The summed E-state index contributed by atoms with van der Waals surface area (Å²) >= 11 is 1.69. The molecule has 7 heteroatoms. The molecule has 0 unspecified atom stereocenters. The summed E-state index contributed by atoms with van der Waals surface area (Å²) in [5.41, 5.74) is 1.48. The van der Waals surface area contributed by atoms with Crippen LogP contribution in [0.4, 0.5) is 5.69 Å². The number of amides is 1. The normalized spacial score (nSPS) is 23.1. The molecule has 2 aromatic heterocycles. The van der Waals surface area contributed by atoms with Gasteiger partial charge in [-0.15, -0.1) is 11.3 Å². The van der Waals surface area contributed by atoms with Gasteiger partial charge in [-0.3, -0.25) is 9.48 Å². The number of carbonyl (C=O) groups is 1. The molecule has 2 fully saturated rings. The number of hydrogen-bond donors (Lipinski definition) is 2. The van der Waals surface area contributed by atoms with Crippen LogP contribution in [0, 0.1) is 5.92 Å². The number of nitrogens with zero attached hydrogens (tertiary/aromatic N) is 2. The van der Waals surface area contributed by atoms with Crippen LogP contribution in [0.1, 0.15) is 47.3 Å². The van der Waals surface area contributed by atoms with Crippen molar-refractivity contribution in [2.75, 3.05) is 25.1 Å². The van der Waals surface area contributed by atoms with Crippen LogP contribution in [0.5, 0.6) is 0 Å². The zero-order valence-electron chi connectivity index (χ0n) is 15.1. The van der Waals surface area contributed by atoms with Gasteiger partial charge in [0, 0.05) is 48.2 Å². The van der Waals surface area contributed by atoms with E-state index in [1.807, 2.05) is 24.6 Å². The van der Waals surface area contributed by atoms with Crippen LogP contribution in [0.25, 0.3) is 0 Å². The summed E-state index contributed by atoms with van der Waals surface area (Å²) < 4.78 is 7.22. The summed E-state index contributed by atoms with van der Waals surface area (Å²) in [5.74, 6) is 1.25. The van der Waals surface area contributed by atoms with E-state index in [0.717, 1.165) is 43.5 Å². The number of anilines is 1. The smallest absolute Gasteiger partial charge is 0.256 e. The zero-order valence-corrected chi connectivity index (χ0v) is 15.9. The monoisotopic (exact) mass is 374 g/mol. The molecule has 0 bridgehead atoms. The number of rotatable bonds is 7. The Kier molecular flexibility index (Phi) is 5.38. The molecule has 2 aromatic rings. The first-order chi connectivity index (χ1) is 12.7.